The molecule has 1 aliphatic carbocycles. The molecule has 0 aliphatic heterocycles. The Hall–Kier alpha value is 0.630. The third-order valence-corrected chi connectivity index (χ3v) is 4.01. The highest BCUT2D eigenvalue weighted by Gasteiger charge is 2.38. The van der Waals surface area contributed by atoms with E-state index in [0.717, 1.165) is 18.2 Å². The van der Waals surface area contributed by atoms with Crippen molar-refractivity contribution in [2.24, 2.45) is 5.41 Å². The minimum absolute atomic E-state index is 0.123. The molecule has 1 fully saturated rings. The van der Waals surface area contributed by atoms with Crippen molar-refractivity contribution in [3.63, 3.8) is 0 Å². The molecule has 1 saturated carbocycles. The molecule has 0 bridgehead atoms. The number of hydrogen-bond acceptors (Lipinski definition) is 0. The minimum Gasteiger partial charge on any atom is -0.188 e. The lowest BCUT2D eigenvalue weighted by Crippen LogP contribution is -2.32. The molecule has 0 N–H and O–H groups in total. The minimum atomic E-state index is -3.01. The number of alkyl halides is 4. The second-order valence-corrected chi connectivity index (χ2v) is 4.72. The van der Waals surface area contributed by atoms with Gasteiger partial charge in [-0.1, -0.05) is 22.4 Å². The third-order valence-electron chi connectivity index (χ3n) is 2.64. The van der Waals surface area contributed by atoms with Crippen LogP contribution >= 0.6 is 27.5 Å². The van der Waals surface area contributed by atoms with Gasteiger partial charge in [0.25, 0.3) is 0 Å². The van der Waals surface area contributed by atoms with Gasteiger partial charge in [0.15, 0.2) is 0 Å². The summed E-state index contributed by atoms with van der Waals surface area (Å²) in [5.41, 5.74) is 0.123. The lowest BCUT2D eigenvalue weighted by Gasteiger charge is -2.41. The highest BCUT2D eigenvalue weighted by atomic mass is 79.9. The van der Waals surface area contributed by atoms with Gasteiger partial charge in [-0.15, -0.1) is 0 Å². The van der Waals surface area contributed by atoms with Crippen LogP contribution in [0.4, 0.5) is 8.78 Å². The molecule has 4 heteroatoms. The normalized spacial score (nSPS) is 22.0. The zero-order chi connectivity index (χ0) is 9.24. The van der Waals surface area contributed by atoms with Gasteiger partial charge in [-0.3, -0.25) is 0 Å². The highest BCUT2D eigenvalue weighted by molar-refractivity contribution is 9.09. The topological polar surface area (TPSA) is 0 Å². The zero-order valence-corrected chi connectivity index (χ0v) is 9.10. The average molecular weight is 262 g/mol. The summed E-state index contributed by atoms with van der Waals surface area (Å²) >= 11 is 8.19. The van der Waals surface area contributed by atoms with E-state index in [4.69, 9.17) is 11.6 Å². The predicted octanol–water partition coefficient (Wildman–Crippen LogP) is 4.16. The predicted molar refractivity (Wildman–Crippen MR) is 50.1 cm³/mol. The summed E-state index contributed by atoms with van der Waals surface area (Å²) < 4.78 is 24.6. The lowest BCUT2D eigenvalue weighted by atomic mass is 9.68. The van der Waals surface area contributed by atoms with Crippen LogP contribution in [0.5, 0.6) is 0 Å². The summed E-state index contributed by atoms with van der Waals surface area (Å²) in [6.45, 7) is 0. The van der Waals surface area contributed by atoms with Crippen molar-refractivity contribution in [2.45, 2.75) is 37.5 Å². The van der Waals surface area contributed by atoms with Crippen molar-refractivity contribution >= 4 is 27.5 Å². The van der Waals surface area contributed by atoms with Gasteiger partial charge in [-0.2, -0.15) is 8.78 Å². The molecule has 1 rings (SSSR count). The maximum atomic E-state index is 12.3. The second-order valence-electron chi connectivity index (χ2n) is 3.60. The Bertz CT molecular complexity index is 146. The molecule has 1 aliphatic rings. The summed E-state index contributed by atoms with van der Waals surface area (Å²) in [7, 11) is 0. The maximum Gasteiger partial charge on any atom is 0.321 e. The van der Waals surface area contributed by atoms with Crippen molar-refractivity contribution in [3.05, 3.63) is 0 Å². The first-order chi connectivity index (χ1) is 5.47. The Kier molecular flexibility index (Phi) is 3.38. The highest BCUT2D eigenvalue weighted by Crippen LogP contribution is 2.47. The van der Waals surface area contributed by atoms with Gasteiger partial charge in [-0.25, -0.2) is 0 Å². The standard InChI is InChI=1S/C8H12BrClF2/c9-6-7(2-1-3-7)4-5-8(10,11)12/h1-6H2. The molecule has 12 heavy (non-hydrogen) atoms. The van der Waals surface area contributed by atoms with Gasteiger partial charge in [-0.05, 0) is 36.3 Å². The SMILES string of the molecule is FC(F)(Cl)CCC1(CBr)CCC1. The van der Waals surface area contributed by atoms with E-state index in [-0.39, 0.29) is 11.8 Å². The molecular formula is C8H12BrClF2. The van der Waals surface area contributed by atoms with Crippen LogP contribution in [0.1, 0.15) is 32.1 Å². The number of halogens is 4. The van der Waals surface area contributed by atoms with E-state index < -0.39 is 5.38 Å². The molecule has 0 heterocycles. The first-order valence-corrected chi connectivity index (χ1v) is 5.60. The second kappa shape index (κ2) is 3.79. The molecular weight excluding hydrogens is 249 g/mol. The molecule has 0 aromatic heterocycles. The van der Waals surface area contributed by atoms with E-state index in [1.807, 2.05) is 0 Å². The van der Waals surface area contributed by atoms with Crippen LogP contribution < -0.4 is 0 Å². The molecule has 0 spiro atoms. The third kappa shape index (κ3) is 2.84. The van der Waals surface area contributed by atoms with Crippen LogP contribution in [-0.4, -0.2) is 10.7 Å². The molecule has 0 atom stereocenters. The van der Waals surface area contributed by atoms with Gasteiger partial charge in [0, 0.05) is 11.8 Å². The Labute approximate surface area is 84.8 Å². The zero-order valence-electron chi connectivity index (χ0n) is 6.75. The quantitative estimate of drug-likeness (QED) is 0.667. The molecule has 0 saturated heterocycles. The monoisotopic (exact) mass is 260 g/mol. The van der Waals surface area contributed by atoms with E-state index >= 15 is 0 Å². The maximum absolute atomic E-state index is 12.3. The van der Waals surface area contributed by atoms with Gasteiger partial charge in [0.05, 0.1) is 0 Å². The Balaban J connectivity index is 2.30. The van der Waals surface area contributed by atoms with Gasteiger partial charge in [0.2, 0.25) is 0 Å². The molecule has 72 valence electrons. The molecule has 0 nitrogen and oxygen atoms in total. The van der Waals surface area contributed by atoms with Gasteiger partial charge in [0.1, 0.15) is 0 Å². The van der Waals surface area contributed by atoms with Crippen LogP contribution in [0.25, 0.3) is 0 Å². The van der Waals surface area contributed by atoms with E-state index in [1.54, 1.807) is 0 Å². The van der Waals surface area contributed by atoms with E-state index in [1.165, 1.54) is 6.42 Å². The summed E-state index contributed by atoms with van der Waals surface area (Å²) in [5.74, 6) is 0. The fraction of sp³-hybridized carbons (Fsp3) is 1.00. The van der Waals surface area contributed by atoms with Crippen LogP contribution in [0, 0.1) is 5.41 Å². The molecule has 0 radical (unpaired) electrons. The summed E-state index contributed by atoms with van der Waals surface area (Å²) in [4.78, 5) is 0. The van der Waals surface area contributed by atoms with Gasteiger partial charge >= 0.3 is 5.38 Å². The Morgan fingerprint density at radius 1 is 1.42 bits per heavy atom. The van der Waals surface area contributed by atoms with E-state index in [2.05, 4.69) is 15.9 Å². The largest absolute Gasteiger partial charge is 0.321 e. The molecule has 0 aromatic carbocycles. The summed E-state index contributed by atoms with van der Waals surface area (Å²) in [6.07, 6.45) is 3.63. The summed E-state index contributed by atoms with van der Waals surface area (Å²) in [6, 6.07) is 0. The van der Waals surface area contributed by atoms with Crippen LogP contribution in [-0.2, 0) is 0 Å². The Morgan fingerprint density at radius 2 is 2.00 bits per heavy atom. The van der Waals surface area contributed by atoms with Crippen molar-refractivity contribution < 1.29 is 8.78 Å². The van der Waals surface area contributed by atoms with Crippen LogP contribution in [0.3, 0.4) is 0 Å². The molecule has 0 aromatic rings. The first-order valence-electron chi connectivity index (χ1n) is 4.10. The summed E-state index contributed by atoms with van der Waals surface area (Å²) in [5, 5.41) is -2.18. The van der Waals surface area contributed by atoms with Crippen LogP contribution in [0.15, 0.2) is 0 Å². The lowest BCUT2D eigenvalue weighted by molar-refractivity contribution is 0.0492. The van der Waals surface area contributed by atoms with Gasteiger partial charge < -0.3 is 0 Å². The molecule has 0 unspecified atom stereocenters. The number of hydrogen-bond donors (Lipinski definition) is 0. The number of rotatable bonds is 4. The fourth-order valence-corrected chi connectivity index (χ4v) is 2.47. The molecule has 0 amide bonds. The van der Waals surface area contributed by atoms with Crippen LogP contribution in [0.2, 0.25) is 0 Å². The van der Waals surface area contributed by atoms with E-state index in [0.29, 0.717) is 6.42 Å². The van der Waals surface area contributed by atoms with E-state index in [9.17, 15) is 8.78 Å². The van der Waals surface area contributed by atoms with Crippen molar-refractivity contribution in [1.82, 2.24) is 0 Å². The van der Waals surface area contributed by atoms with Crippen molar-refractivity contribution in [2.75, 3.05) is 5.33 Å². The smallest absolute Gasteiger partial charge is 0.188 e. The Morgan fingerprint density at radius 3 is 2.25 bits per heavy atom. The van der Waals surface area contributed by atoms with Crippen molar-refractivity contribution in [3.8, 4) is 0 Å². The van der Waals surface area contributed by atoms with Crippen molar-refractivity contribution in [1.29, 1.82) is 0 Å². The fourth-order valence-electron chi connectivity index (χ4n) is 1.53. The first kappa shape index (κ1) is 10.7. The average Bonchev–Trinajstić information content (AvgIpc) is 1.84.